The fourth-order valence-corrected chi connectivity index (χ4v) is 4.51. The van der Waals surface area contributed by atoms with E-state index in [1.165, 1.54) is 11.1 Å². The molecule has 1 aliphatic rings. The second-order valence-electron chi connectivity index (χ2n) is 7.55. The van der Waals surface area contributed by atoms with Crippen molar-refractivity contribution in [3.05, 3.63) is 35.4 Å². The van der Waals surface area contributed by atoms with Crippen LogP contribution in [0.3, 0.4) is 0 Å². The van der Waals surface area contributed by atoms with Crippen LogP contribution >= 0.6 is 0 Å². The molecule has 0 aliphatic carbocycles. The smallest absolute Gasteiger partial charge is 0.128 e. The van der Waals surface area contributed by atoms with E-state index in [4.69, 9.17) is 0 Å². The van der Waals surface area contributed by atoms with Crippen LogP contribution in [0.4, 0.5) is 0 Å². The van der Waals surface area contributed by atoms with Gasteiger partial charge in [-0.15, -0.1) is 4.31 Å². The third-order valence-corrected chi connectivity index (χ3v) is 6.01. The molecule has 1 aromatic rings. The molecular formula is C18H29NOS. The van der Waals surface area contributed by atoms with Gasteiger partial charge in [-0.1, -0.05) is 58.9 Å². The zero-order valence-corrected chi connectivity index (χ0v) is 14.9. The van der Waals surface area contributed by atoms with Gasteiger partial charge >= 0.3 is 0 Å². The summed E-state index contributed by atoms with van der Waals surface area (Å²) >= 11 is -0.845. The summed E-state index contributed by atoms with van der Waals surface area (Å²) in [6.45, 7) is 12.0. The van der Waals surface area contributed by atoms with Gasteiger partial charge in [0.25, 0.3) is 0 Å². The van der Waals surface area contributed by atoms with Gasteiger partial charge in [-0.3, -0.25) is 0 Å². The molecule has 2 unspecified atom stereocenters. The highest BCUT2D eigenvalue weighted by atomic mass is 32.2. The van der Waals surface area contributed by atoms with Crippen molar-refractivity contribution in [2.24, 2.45) is 5.92 Å². The van der Waals surface area contributed by atoms with Gasteiger partial charge in [-0.2, -0.15) is 0 Å². The lowest BCUT2D eigenvalue weighted by Gasteiger charge is -2.27. The van der Waals surface area contributed by atoms with Crippen LogP contribution in [0.1, 0.15) is 64.6 Å². The Bertz CT molecular complexity index is 449. The summed E-state index contributed by atoms with van der Waals surface area (Å²) in [4.78, 5) is 0. The zero-order chi connectivity index (χ0) is 15.6. The van der Waals surface area contributed by atoms with Crippen molar-refractivity contribution in [2.75, 3.05) is 12.3 Å². The quantitative estimate of drug-likeness (QED) is 0.769. The molecule has 2 nitrogen and oxygen atoms in total. The molecule has 1 aromatic carbocycles. The van der Waals surface area contributed by atoms with Crippen LogP contribution < -0.4 is 0 Å². The van der Waals surface area contributed by atoms with E-state index in [1.807, 2.05) is 0 Å². The second kappa shape index (κ2) is 6.72. The zero-order valence-electron chi connectivity index (χ0n) is 14.1. The molecule has 0 amide bonds. The number of hydrogen-bond acceptors (Lipinski definition) is 2. The topological polar surface area (TPSA) is 26.3 Å². The molecule has 0 radical (unpaired) electrons. The summed E-state index contributed by atoms with van der Waals surface area (Å²) in [5, 5.41) is 0. The van der Waals surface area contributed by atoms with Crippen molar-refractivity contribution in [1.82, 2.24) is 4.31 Å². The molecule has 0 spiro atoms. The van der Waals surface area contributed by atoms with Crippen molar-refractivity contribution in [1.29, 1.82) is 0 Å². The van der Waals surface area contributed by atoms with Crippen LogP contribution in [0.25, 0.3) is 0 Å². The Balaban J connectivity index is 2.13. The minimum atomic E-state index is -0.845. The minimum Gasteiger partial charge on any atom is -0.598 e. The van der Waals surface area contributed by atoms with Gasteiger partial charge in [0.2, 0.25) is 0 Å². The van der Waals surface area contributed by atoms with E-state index in [1.54, 1.807) is 0 Å². The lowest BCUT2D eigenvalue weighted by Crippen LogP contribution is -2.34. The van der Waals surface area contributed by atoms with E-state index in [2.05, 4.69) is 63.2 Å². The third-order valence-electron chi connectivity index (χ3n) is 4.10. The molecular weight excluding hydrogens is 278 g/mol. The van der Waals surface area contributed by atoms with Gasteiger partial charge in [0.15, 0.2) is 0 Å². The normalized spacial score (nSPS) is 22.0. The molecule has 1 heterocycles. The van der Waals surface area contributed by atoms with Crippen LogP contribution in [0.2, 0.25) is 0 Å². The lowest BCUT2D eigenvalue weighted by atomic mass is 9.86. The lowest BCUT2D eigenvalue weighted by molar-refractivity contribution is 0.392. The fourth-order valence-electron chi connectivity index (χ4n) is 2.90. The van der Waals surface area contributed by atoms with Crippen LogP contribution in [0.5, 0.6) is 0 Å². The van der Waals surface area contributed by atoms with E-state index < -0.39 is 11.4 Å². The molecule has 2 rings (SSSR count). The first-order valence-electron chi connectivity index (χ1n) is 8.04. The second-order valence-corrected chi connectivity index (χ2v) is 9.00. The molecule has 1 aliphatic heterocycles. The maximum absolute atomic E-state index is 12.5. The Kier molecular flexibility index (Phi) is 5.39. The average molecular weight is 308 g/mol. The monoisotopic (exact) mass is 307 g/mol. The molecule has 0 aromatic heterocycles. The van der Waals surface area contributed by atoms with Crippen molar-refractivity contribution >= 4 is 11.4 Å². The molecule has 2 atom stereocenters. The summed E-state index contributed by atoms with van der Waals surface area (Å²) in [7, 11) is 0. The van der Waals surface area contributed by atoms with E-state index in [9.17, 15) is 4.55 Å². The Morgan fingerprint density at radius 2 is 1.86 bits per heavy atom. The van der Waals surface area contributed by atoms with Gasteiger partial charge in [0.05, 0.1) is 6.04 Å². The first-order valence-corrected chi connectivity index (χ1v) is 9.32. The predicted octanol–water partition coefficient (Wildman–Crippen LogP) is 4.44. The van der Waals surface area contributed by atoms with E-state index in [0.717, 1.165) is 25.1 Å². The van der Waals surface area contributed by atoms with E-state index in [-0.39, 0.29) is 5.41 Å². The molecule has 0 N–H and O–H groups in total. The highest BCUT2D eigenvalue weighted by molar-refractivity contribution is 7.89. The van der Waals surface area contributed by atoms with Gasteiger partial charge in [-0.25, -0.2) is 0 Å². The largest absolute Gasteiger partial charge is 0.598 e. The molecule has 118 valence electrons. The Morgan fingerprint density at radius 1 is 1.24 bits per heavy atom. The highest BCUT2D eigenvalue weighted by Gasteiger charge is 2.35. The minimum absolute atomic E-state index is 0.189. The summed E-state index contributed by atoms with van der Waals surface area (Å²) < 4.78 is 14.7. The molecule has 0 saturated carbocycles. The number of hydrogen-bond donors (Lipinski definition) is 0. The summed E-state index contributed by atoms with van der Waals surface area (Å²) in [5.41, 5.74) is 2.87. The van der Waals surface area contributed by atoms with Crippen molar-refractivity contribution < 1.29 is 4.55 Å². The SMILES string of the molecule is CC(C)C[S+]([O-])N1CCCC1c1ccc(C(C)(C)C)cc1. The summed E-state index contributed by atoms with van der Waals surface area (Å²) in [6.07, 6.45) is 2.27. The van der Waals surface area contributed by atoms with E-state index in [0.29, 0.717) is 12.0 Å². The van der Waals surface area contributed by atoms with Crippen LogP contribution in [-0.2, 0) is 16.8 Å². The molecule has 0 bridgehead atoms. The standard InChI is InChI=1S/C18H29NOS/c1-14(2)13-21(20)19-12-6-7-17(19)15-8-10-16(11-9-15)18(3,4)5/h8-11,14,17H,6-7,12-13H2,1-5H3. The average Bonchev–Trinajstić information content (AvgIpc) is 2.86. The Hall–Kier alpha value is -0.510. The van der Waals surface area contributed by atoms with Crippen LogP contribution in [-0.4, -0.2) is 21.2 Å². The first-order chi connectivity index (χ1) is 9.79. The van der Waals surface area contributed by atoms with Crippen molar-refractivity contribution in [2.45, 2.75) is 58.9 Å². The maximum Gasteiger partial charge on any atom is 0.128 e. The van der Waals surface area contributed by atoms with Crippen molar-refractivity contribution in [3.8, 4) is 0 Å². The summed E-state index contributed by atoms with van der Waals surface area (Å²) in [5.74, 6) is 1.26. The summed E-state index contributed by atoms with van der Waals surface area (Å²) in [6, 6.07) is 9.26. The third kappa shape index (κ3) is 4.24. The van der Waals surface area contributed by atoms with Gasteiger partial charge < -0.3 is 4.55 Å². The van der Waals surface area contributed by atoms with Crippen LogP contribution in [0, 0.1) is 5.92 Å². The number of nitrogens with zero attached hydrogens (tertiary/aromatic N) is 1. The van der Waals surface area contributed by atoms with Gasteiger partial charge in [0.1, 0.15) is 5.75 Å². The molecule has 3 heteroatoms. The predicted molar refractivity (Wildman–Crippen MR) is 91.7 cm³/mol. The molecule has 1 fully saturated rings. The van der Waals surface area contributed by atoms with Gasteiger partial charge in [0, 0.05) is 17.9 Å². The number of benzene rings is 1. The van der Waals surface area contributed by atoms with E-state index >= 15 is 0 Å². The fraction of sp³-hybridized carbons (Fsp3) is 0.667. The van der Waals surface area contributed by atoms with Crippen LogP contribution in [0.15, 0.2) is 24.3 Å². The maximum atomic E-state index is 12.5. The Morgan fingerprint density at radius 3 is 2.38 bits per heavy atom. The highest BCUT2D eigenvalue weighted by Crippen LogP contribution is 2.35. The molecule has 21 heavy (non-hydrogen) atoms. The first kappa shape index (κ1) is 16.9. The Labute approximate surface area is 133 Å². The van der Waals surface area contributed by atoms with Crippen molar-refractivity contribution in [3.63, 3.8) is 0 Å². The van der Waals surface area contributed by atoms with Gasteiger partial charge in [-0.05, 0) is 35.3 Å². The molecule has 1 saturated heterocycles. The number of rotatable bonds is 4.